The molecular formula is C19H30N4O2S. The van der Waals surface area contributed by atoms with E-state index in [9.17, 15) is 4.79 Å². The van der Waals surface area contributed by atoms with Crippen molar-refractivity contribution in [2.75, 3.05) is 19.7 Å². The van der Waals surface area contributed by atoms with Gasteiger partial charge < -0.3 is 11.5 Å². The highest BCUT2D eigenvalue weighted by Gasteiger charge is 2.22. The van der Waals surface area contributed by atoms with Crippen molar-refractivity contribution in [1.82, 2.24) is 5.06 Å². The molecule has 0 saturated carbocycles. The van der Waals surface area contributed by atoms with E-state index in [0.29, 0.717) is 31.0 Å². The Labute approximate surface area is 159 Å². The lowest BCUT2D eigenvalue weighted by Gasteiger charge is -2.21. The SMILES string of the molecule is CCCN(OCC)C(=O)C1=Cc2sc(CCCCCN)cc2N=C(N)C1. The van der Waals surface area contributed by atoms with Crippen LogP contribution in [0.4, 0.5) is 5.69 Å². The first-order valence-electron chi connectivity index (χ1n) is 9.40. The van der Waals surface area contributed by atoms with Gasteiger partial charge in [0.1, 0.15) is 5.84 Å². The van der Waals surface area contributed by atoms with Gasteiger partial charge in [-0.1, -0.05) is 13.3 Å². The number of fused-ring (bicyclic) bond motifs is 1. The number of aryl methyl sites for hydroxylation is 1. The maximum atomic E-state index is 12.9. The Morgan fingerprint density at radius 1 is 1.35 bits per heavy atom. The second kappa shape index (κ2) is 10.4. The molecule has 2 rings (SSSR count). The largest absolute Gasteiger partial charge is 0.387 e. The van der Waals surface area contributed by atoms with Gasteiger partial charge in [0.05, 0.1) is 17.2 Å². The van der Waals surface area contributed by atoms with Crippen LogP contribution < -0.4 is 11.5 Å². The Hall–Kier alpha value is -1.70. The Balaban J connectivity index is 2.19. The molecule has 6 nitrogen and oxygen atoms in total. The van der Waals surface area contributed by atoms with E-state index in [1.165, 1.54) is 9.94 Å². The zero-order valence-electron chi connectivity index (χ0n) is 15.8. The Kier molecular flexibility index (Phi) is 8.28. The number of carbonyl (C=O) groups excluding carboxylic acids is 1. The monoisotopic (exact) mass is 378 g/mol. The van der Waals surface area contributed by atoms with Gasteiger partial charge >= 0.3 is 0 Å². The Bertz CT molecular complexity index is 660. The van der Waals surface area contributed by atoms with Gasteiger partial charge in [0.15, 0.2) is 0 Å². The average molecular weight is 379 g/mol. The van der Waals surface area contributed by atoms with Crippen LogP contribution in [0.3, 0.4) is 0 Å². The molecular weight excluding hydrogens is 348 g/mol. The molecule has 1 aromatic heterocycles. The molecule has 7 heteroatoms. The zero-order valence-corrected chi connectivity index (χ0v) is 16.6. The molecule has 0 spiro atoms. The van der Waals surface area contributed by atoms with Crippen LogP contribution in [0.15, 0.2) is 16.6 Å². The summed E-state index contributed by atoms with van der Waals surface area (Å²) in [5, 5.41) is 1.44. The molecule has 0 radical (unpaired) electrons. The number of hydroxylamine groups is 2. The fourth-order valence-corrected chi connectivity index (χ4v) is 3.97. The van der Waals surface area contributed by atoms with Crippen LogP contribution in [0.1, 0.15) is 55.7 Å². The van der Waals surface area contributed by atoms with E-state index in [-0.39, 0.29) is 5.91 Å². The summed E-state index contributed by atoms with van der Waals surface area (Å²) in [6.45, 7) is 5.65. The lowest BCUT2D eigenvalue weighted by Crippen LogP contribution is -2.34. The van der Waals surface area contributed by atoms with E-state index >= 15 is 0 Å². The number of thiophene rings is 1. The van der Waals surface area contributed by atoms with Crippen LogP contribution in [0.5, 0.6) is 0 Å². The van der Waals surface area contributed by atoms with Crippen molar-refractivity contribution in [1.29, 1.82) is 0 Å². The predicted octanol–water partition coefficient (Wildman–Crippen LogP) is 3.39. The van der Waals surface area contributed by atoms with Gasteiger partial charge in [-0.2, -0.15) is 0 Å². The molecule has 1 aromatic rings. The standard InChI is InChI=1S/C19H30N4O2S/c1-3-10-23(25-4-2)19(24)14-11-17-16(22-18(21)12-14)13-15(26-17)8-6-5-7-9-20/h11,13H,3-10,12,20H2,1-2H3,(H2,21,22). The lowest BCUT2D eigenvalue weighted by molar-refractivity contribution is -0.180. The molecule has 0 aliphatic carbocycles. The second-order valence-electron chi connectivity index (χ2n) is 6.34. The maximum Gasteiger partial charge on any atom is 0.273 e. The third kappa shape index (κ3) is 5.65. The molecule has 0 unspecified atom stereocenters. The second-order valence-corrected chi connectivity index (χ2v) is 7.50. The lowest BCUT2D eigenvalue weighted by atomic mass is 10.1. The summed E-state index contributed by atoms with van der Waals surface area (Å²) in [5.41, 5.74) is 13.1. The fourth-order valence-electron chi connectivity index (χ4n) is 2.86. The van der Waals surface area contributed by atoms with Gasteiger partial charge in [-0.15, -0.1) is 11.3 Å². The first-order chi connectivity index (χ1) is 12.6. The normalized spacial score (nSPS) is 13.7. The predicted molar refractivity (Wildman–Crippen MR) is 108 cm³/mol. The summed E-state index contributed by atoms with van der Waals surface area (Å²) in [4.78, 5) is 25.1. The number of nitrogens with zero attached hydrogens (tertiary/aromatic N) is 2. The summed E-state index contributed by atoms with van der Waals surface area (Å²) in [6, 6.07) is 2.09. The summed E-state index contributed by atoms with van der Waals surface area (Å²) in [7, 11) is 0. The van der Waals surface area contributed by atoms with E-state index < -0.39 is 0 Å². The third-order valence-electron chi connectivity index (χ3n) is 4.07. The molecule has 1 aliphatic heterocycles. The van der Waals surface area contributed by atoms with E-state index in [1.54, 1.807) is 11.3 Å². The summed E-state index contributed by atoms with van der Waals surface area (Å²) < 4.78 is 0. The summed E-state index contributed by atoms with van der Waals surface area (Å²) in [6.07, 6.45) is 7.41. The maximum absolute atomic E-state index is 12.9. The van der Waals surface area contributed by atoms with Crippen molar-refractivity contribution < 1.29 is 9.63 Å². The molecule has 0 atom stereocenters. The highest BCUT2D eigenvalue weighted by Crippen LogP contribution is 2.35. The molecule has 0 saturated heterocycles. The van der Waals surface area contributed by atoms with Gasteiger partial charge in [0.25, 0.3) is 5.91 Å². The Morgan fingerprint density at radius 2 is 2.15 bits per heavy atom. The van der Waals surface area contributed by atoms with Gasteiger partial charge in [0, 0.05) is 23.4 Å². The van der Waals surface area contributed by atoms with E-state index in [4.69, 9.17) is 16.3 Å². The number of hydrogen-bond acceptors (Lipinski definition) is 6. The molecule has 144 valence electrons. The van der Waals surface area contributed by atoms with Crippen molar-refractivity contribution in [3.8, 4) is 0 Å². The number of carbonyl (C=O) groups is 1. The highest BCUT2D eigenvalue weighted by molar-refractivity contribution is 7.13. The van der Waals surface area contributed by atoms with Crippen LogP contribution in [0, 0.1) is 0 Å². The first kappa shape index (κ1) is 20.6. The van der Waals surface area contributed by atoms with E-state index in [0.717, 1.165) is 49.2 Å². The van der Waals surface area contributed by atoms with Crippen molar-refractivity contribution in [2.45, 2.75) is 52.4 Å². The number of nitrogens with two attached hydrogens (primary N) is 2. The van der Waals surface area contributed by atoms with Crippen LogP contribution in [0.2, 0.25) is 0 Å². The highest BCUT2D eigenvalue weighted by atomic mass is 32.1. The molecule has 1 aliphatic rings. The van der Waals surface area contributed by atoms with Gasteiger partial charge in [-0.3, -0.25) is 9.63 Å². The van der Waals surface area contributed by atoms with Crippen LogP contribution in [-0.4, -0.2) is 36.5 Å². The third-order valence-corrected chi connectivity index (χ3v) is 5.20. The van der Waals surface area contributed by atoms with Gasteiger partial charge in [0.2, 0.25) is 0 Å². The van der Waals surface area contributed by atoms with Crippen molar-refractivity contribution in [3.05, 3.63) is 21.4 Å². The van der Waals surface area contributed by atoms with Crippen LogP contribution in [0.25, 0.3) is 6.08 Å². The molecule has 0 fully saturated rings. The van der Waals surface area contributed by atoms with Crippen molar-refractivity contribution >= 4 is 34.8 Å². The number of amides is 1. The van der Waals surface area contributed by atoms with E-state index in [1.807, 2.05) is 19.9 Å². The van der Waals surface area contributed by atoms with Crippen molar-refractivity contribution in [2.24, 2.45) is 16.5 Å². The number of hydrogen-bond donors (Lipinski definition) is 2. The zero-order chi connectivity index (χ0) is 18.9. The average Bonchev–Trinajstić information content (AvgIpc) is 2.91. The molecule has 2 heterocycles. The Morgan fingerprint density at radius 3 is 2.85 bits per heavy atom. The summed E-state index contributed by atoms with van der Waals surface area (Å²) >= 11 is 1.69. The van der Waals surface area contributed by atoms with Crippen molar-refractivity contribution in [3.63, 3.8) is 0 Å². The van der Waals surface area contributed by atoms with E-state index in [2.05, 4.69) is 11.1 Å². The number of rotatable bonds is 10. The molecule has 26 heavy (non-hydrogen) atoms. The minimum atomic E-state index is -0.127. The van der Waals surface area contributed by atoms with Gasteiger partial charge in [-0.05, 0) is 51.3 Å². The summed E-state index contributed by atoms with van der Waals surface area (Å²) in [5.74, 6) is 0.335. The molecule has 0 aromatic carbocycles. The number of amidine groups is 1. The fraction of sp³-hybridized carbons (Fsp3) is 0.579. The molecule has 4 N–H and O–H groups in total. The minimum Gasteiger partial charge on any atom is -0.387 e. The number of aliphatic imine (C=N–C) groups is 1. The first-order valence-corrected chi connectivity index (χ1v) is 10.2. The quantitative estimate of drug-likeness (QED) is 0.482. The van der Waals surface area contributed by atoms with Crippen LogP contribution >= 0.6 is 11.3 Å². The minimum absolute atomic E-state index is 0.127. The van der Waals surface area contributed by atoms with Gasteiger partial charge in [-0.25, -0.2) is 10.1 Å². The number of unbranched alkanes of at least 4 members (excludes halogenated alkanes) is 2. The smallest absolute Gasteiger partial charge is 0.273 e. The van der Waals surface area contributed by atoms with Crippen LogP contribution in [-0.2, 0) is 16.1 Å². The topological polar surface area (TPSA) is 93.9 Å². The molecule has 1 amide bonds. The molecule has 0 bridgehead atoms.